The van der Waals surface area contributed by atoms with Crippen LogP contribution in [-0.2, 0) is 13.0 Å². The second kappa shape index (κ2) is 6.97. The van der Waals surface area contributed by atoms with E-state index < -0.39 is 0 Å². The van der Waals surface area contributed by atoms with Crippen molar-refractivity contribution in [1.82, 2.24) is 14.5 Å². The molecule has 0 fully saturated rings. The van der Waals surface area contributed by atoms with Gasteiger partial charge in [0.25, 0.3) is 5.56 Å². The molecule has 1 N–H and O–H groups in total. The Balaban J connectivity index is 1.58. The first-order chi connectivity index (χ1) is 12.6. The van der Waals surface area contributed by atoms with Gasteiger partial charge in [-0.15, -0.1) is 11.3 Å². The van der Waals surface area contributed by atoms with E-state index in [1.165, 1.54) is 17.4 Å². The number of halogens is 1. The minimum atomic E-state index is -0.152. The summed E-state index contributed by atoms with van der Waals surface area (Å²) in [6, 6.07) is 10.9. The van der Waals surface area contributed by atoms with Crippen molar-refractivity contribution in [2.24, 2.45) is 0 Å². The zero-order chi connectivity index (χ0) is 18.1. The lowest BCUT2D eigenvalue weighted by Gasteiger charge is -2.08. The first kappa shape index (κ1) is 16.9. The summed E-state index contributed by atoms with van der Waals surface area (Å²) in [5, 5.41) is 1.94. The number of ether oxygens (including phenoxy) is 1. The number of rotatable bonds is 5. The molecule has 0 saturated carbocycles. The maximum atomic E-state index is 12.5. The van der Waals surface area contributed by atoms with Crippen LogP contribution in [0.4, 0.5) is 0 Å². The Kier molecular flexibility index (Phi) is 4.53. The molecular formula is C19H16ClN3O2S. The average molecular weight is 386 g/mol. The lowest BCUT2D eigenvalue weighted by Crippen LogP contribution is -2.16. The van der Waals surface area contributed by atoms with E-state index in [1.54, 1.807) is 16.8 Å². The largest absolute Gasteiger partial charge is 0.489 e. The Hall–Kier alpha value is -2.57. The Morgan fingerprint density at radius 2 is 2.15 bits per heavy atom. The third kappa shape index (κ3) is 3.38. The van der Waals surface area contributed by atoms with E-state index in [4.69, 9.17) is 16.3 Å². The Morgan fingerprint density at radius 1 is 1.27 bits per heavy atom. The minimum Gasteiger partial charge on any atom is -0.489 e. The van der Waals surface area contributed by atoms with Gasteiger partial charge in [-0.2, -0.15) is 0 Å². The van der Waals surface area contributed by atoms with Crippen LogP contribution in [0.2, 0.25) is 4.34 Å². The molecule has 0 saturated heterocycles. The Morgan fingerprint density at radius 3 is 2.88 bits per heavy atom. The lowest BCUT2D eigenvalue weighted by atomic mass is 10.2. The molecule has 0 aliphatic carbocycles. The van der Waals surface area contributed by atoms with Crippen LogP contribution in [0.5, 0.6) is 5.75 Å². The van der Waals surface area contributed by atoms with E-state index in [-0.39, 0.29) is 5.56 Å². The van der Waals surface area contributed by atoms with Gasteiger partial charge in [0.1, 0.15) is 18.2 Å². The summed E-state index contributed by atoms with van der Waals surface area (Å²) in [5.41, 5.74) is 3.43. The predicted molar refractivity (Wildman–Crippen MR) is 105 cm³/mol. The van der Waals surface area contributed by atoms with Crippen LogP contribution >= 0.6 is 22.9 Å². The van der Waals surface area contributed by atoms with Crippen molar-refractivity contribution < 1.29 is 4.74 Å². The molecule has 0 aliphatic heterocycles. The number of imidazole rings is 1. The zero-order valence-corrected chi connectivity index (χ0v) is 15.6. The lowest BCUT2D eigenvalue weighted by molar-refractivity contribution is 0.306. The summed E-state index contributed by atoms with van der Waals surface area (Å²) in [4.78, 5) is 20.2. The molecule has 4 aromatic rings. The molecule has 26 heavy (non-hydrogen) atoms. The monoisotopic (exact) mass is 385 g/mol. The number of fused-ring (bicyclic) bond motifs is 1. The topological polar surface area (TPSA) is 59.9 Å². The van der Waals surface area contributed by atoms with Crippen LogP contribution in [0.3, 0.4) is 0 Å². The molecule has 0 aliphatic rings. The van der Waals surface area contributed by atoms with Crippen LogP contribution in [0.15, 0.2) is 52.8 Å². The average Bonchev–Trinajstić information content (AvgIpc) is 3.25. The van der Waals surface area contributed by atoms with Crippen LogP contribution in [0.25, 0.3) is 16.7 Å². The molecular weight excluding hydrogens is 370 g/mol. The van der Waals surface area contributed by atoms with Crippen molar-refractivity contribution in [3.05, 3.63) is 74.1 Å². The molecule has 132 valence electrons. The van der Waals surface area contributed by atoms with Gasteiger partial charge in [0.05, 0.1) is 21.1 Å². The van der Waals surface area contributed by atoms with Crippen LogP contribution in [0, 0.1) is 0 Å². The quantitative estimate of drug-likeness (QED) is 0.547. The highest BCUT2D eigenvalue weighted by Gasteiger charge is 2.07. The second-order valence-corrected chi connectivity index (χ2v) is 7.40. The maximum Gasteiger partial charge on any atom is 0.258 e. The van der Waals surface area contributed by atoms with Crippen molar-refractivity contribution in [3.63, 3.8) is 0 Å². The van der Waals surface area contributed by atoms with Crippen molar-refractivity contribution >= 4 is 34.0 Å². The summed E-state index contributed by atoms with van der Waals surface area (Å²) < 4.78 is 7.99. The fourth-order valence-corrected chi connectivity index (χ4v) is 3.61. The van der Waals surface area contributed by atoms with Gasteiger partial charge in [0, 0.05) is 24.2 Å². The molecule has 0 atom stereocenters. The summed E-state index contributed by atoms with van der Waals surface area (Å²) in [5.74, 6) is 1.46. The number of aryl methyl sites for hydroxylation is 1. The van der Waals surface area contributed by atoms with Crippen LogP contribution in [0.1, 0.15) is 18.3 Å². The van der Waals surface area contributed by atoms with Gasteiger partial charge in [-0.25, -0.2) is 4.98 Å². The molecule has 0 bridgehead atoms. The number of hydrogen-bond acceptors (Lipinski definition) is 4. The van der Waals surface area contributed by atoms with Gasteiger partial charge < -0.3 is 9.72 Å². The van der Waals surface area contributed by atoms with Crippen LogP contribution in [-0.4, -0.2) is 14.5 Å². The van der Waals surface area contributed by atoms with Gasteiger partial charge in [0.15, 0.2) is 0 Å². The summed E-state index contributed by atoms with van der Waals surface area (Å²) in [7, 11) is 0. The number of benzene rings is 1. The van der Waals surface area contributed by atoms with Crippen LogP contribution < -0.4 is 10.3 Å². The summed E-state index contributed by atoms with van der Waals surface area (Å²) in [6.07, 6.45) is 2.56. The van der Waals surface area contributed by atoms with E-state index in [2.05, 4.69) is 9.97 Å². The number of H-pyrrole nitrogens is 1. The van der Waals surface area contributed by atoms with E-state index in [0.717, 1.165) is 38.9 Å². The van der Waals surface area contributed by atoms with Gasteiger partial charge >= 0.3 is 0 Å². The van der Waals surface area contributed by atoms with Crippen molar-refractivity contribution in [3.8, 4) is 11.4 Å². The molecule has 0 radical (unpaired) electrons. The number of hydrogen-bond donors (Lipinski definition) is 1. The normalized spacial score (nSPS) is 11.2. The molecule has 0 spiro atoms. The van der Waals surface area contributed by atoms with E-state index in [0.29, 0.717) is 12.4 Å². The van der Waals surface area contributed by atoms with Gasteiger partial charge in [-0.05, 0) is 35.7 Å². The maximum absolute atomic E-state index is 12.5. The number of nitrogens with zero attached hydrogens (tertiary/aromatic N) is 2. The summed E-state index contributed by atoms with van der Waals surface area (Å²) in [6.45, 7) is 2.43. The smallest absolute Gasteiger partial charge is 0.258 e. The predicted octanol–water partition coefficient (Wildman–Crippen LogP) is 4.57. The van der Waals surface area contributed by atoms with E-state index in [9.17, 15) is 4.79 Å². The molecule has 0 amide bonds. The number of aromatic nitrogens is 3. The third-order valence-corrected chi connectivity index (χ3v) is 5.19. The van der Waals surface area contributed by atoms with E-state index >= 15 is 0 Å². The molecule has 1 aromatic carbocycles. The second-order valence-electron chi connectivity index (χ2n) is 5.86. The molecule has 3 heterocycles. The zero-order valence-electron chi connectivity index (χ0n) is 14.0. The Bertz CT molecular complexity index is 1130. The van der Waals surface area contributed by atoms with Crippen molar-refractivity contribution in [1.29, 1.82) is 0 Å². The van der Waals surface area contributed by atoms with E-state index in [1.807, 2.05) is 36.6 Å². The van der Waals surface area contributed by atoms with Gasteiger partial charge in [0.2, 0.25) is 0 Å². The number of aromatic amines is 1. The SMILES string of the molecule is CCc1nc2ccc(-n3ccc(OCc4csc(Cl)c4)cc3=O)cc2[nH]1. The fraction of sp³-hybridized carbons (Fsp3) is 0.158. The standard InChI is InChI=1S/C19H16ClN3O2S/c1-2-18-21-15-4-3-13(8-16(15)22-18)23-6-5-14(9-19(23)24)25-10-12-7-17(20)26-11-12/h3-9,11H,2,10H2,1H3,(H,21,22). The number of pyridine rings is 1. The highest BCUT2D eigenvalue weighted by Crippen LogP contribution is 2.21. The fourth-order valence-electron chi connectivity index (χ4n) is 2.72. The highest BCUT2D eigenvalue weighted by molar-refractivity contribution is 7.14. The molecule has 0 unspecified atom stereocenters. The van der Waals surface area contributed by atoms with Crippen molar-refractivity contribution in [2.75, 3.05) is 0 Å². The first-order valence-corrected chi connectivity index (χ1v) is 9.45. The van der Waals surface area contributed by atoms with Gasteiger partial charge in [-0.3, -0.25) is 9.36 Å². The molecule has 4 rings (SSSR count). The first-order valence-electron chi connectivity index (χ1n) is 8.20. The van der Waals surface area contributed by atoms with Crippen molar-refractivity contribution in [2.45, 2.75) is 20.0 Å². The summed E-state index contributed by atoms with van der Waals surface area (Å²) >= 11 is 7.37. The van der Waals surface area contributed by atoms with Gasteiger partial charge in [-0.1, -0.05) is 18.5 Å². The highest BCUT2D eigenvalue weighted by atomic mass is 35.5. The molecule has 7 heteroatoms. The molecule has 3 aromatic heterocycles. The Labute approximate surface area is 158 Å². The number of nitrogens with one attached hydrogen (secondary N) is 1. The molecule has 5 nitrogen and oxygen atoms in total. The number of thiophene rings is 1. The third-order valence-electron chi connectivity index (χ3n) is 4.05. The minimum absolute atomic E-state index is 0.152.